The van der Waals surface area contributed by atoms with Crippen molar-refractivity contribution in [3.63, 3.8) is 0 Å². The number of rotatable bonds is 2. The van der Waals surface area contributed by atoms with Gasteiger partial charge in [0.2, 0.25) is 0 Å². The Bertz CT molecular complexity index is 795. The van der Waals surface area contributed by atoms with Crippen LogP contribution in [0.3, 0.4) is 0 Å². The van der Waals surface area contributed by atoms with E-state index in [1.54, 1.807) is 36.4 Å². The Morgan fingerprint density at radius 2 is 1.76 bits per heavy atom. The van der Waals surface area contributed by atoms with Gasteiger partial charge in [-0.15, -0.1) is 5.10 Å². The maximum Gasteiger partial charge on any atom is 0.187 e. The van der Waals surface area contributed by atoms with E-state index in [9.17, 15) is 0 Å². The molecule has 0 aliphatic carbocycles. The fourth-order valence-electron chi connectivity index (χ4n) is 1.90. The topological polar surface area (TPSA) is 69.6 Å². The van der Waals surface area contributed by atoms with Crippen molar-refractivity contribution in [1.29, 1.82) is 0 Å². The van der Waals surface area contributed by atoms with Crippen molar-refractivity contribution in [2.45, 2.75) is 0 Å². The maximum atomic E-state index is 6.02. The van der Waals surface area contributed by atoms with Gasteiger partial charge in [0, 0.05) is 16.3 Å². The lowest BCUT2D eigenvalue weighted by atomic mass is 10.2. The van der Waals surface area contributed by atoms with Crippen molar-refractivity contribution in [2.75, 3.05) is 5.73 Å². The maximum absolute atomic E-state index is 6.02. The van der Waals surface area contributed by atoms with Gasteiger partial charge in [-0.2, -0.15) is 4.68 Å². The van der Waals surface area contributed by atoms with E-state index < -0.39 is 0 Å². The quantitative estimate of drug-likeness (QED) is 0.719. The van der Waals surface area contributed by atoms with Crippen LogP contribution in [0.5, 0.6) is 0 Å². The SMILES string of the molecule is Nc1cc(Cl)cc(-c2nnnn2-c2ccc(Cl)c(Cl)c2)c1. The summed E-state index contributed by atoms with van der Waals surface area (Å²) in [4.78, 5) is 0. The van der Waals surface area contributed by atoms with Crippen molar-refractivity contribution in [2.24, 2.45) is 0 Å². The van der Waals surface area contributed by atoms with Crippen LogP contribution < -0.4 is 5.73 Å². The minimum Gasteiger partial charge on any atom is -0.399 e. The van der Waals surface area contributed by atoms with Crippen molar-refractivity contribution >= 4 is 40.5 Å². The molecule has 0 unspecified atom stereocenters. The van der Waals surface area contributed by atoms with Crippen molar-refractivity contribution in [3.05, 3.63) is 51.5 Å². The number of nitrogen functional groups attached to an aromatic ring is 1. The van der Waals surface area contributed by atoms with Gasteiger partial charge in [0.25, 0.3) is 0 Å². The van der Waals surface area contributed by atoms with Gasteiger partial charge in [-0.25, -0.2) is 0 Å². The van der Waals surface area contributed by atoms with Crippen LogP contribution in [0.4, 0.5) is 5.69 Å². The van der Waals surface area contributed by atoms with Gasteiger partial charge in [0.1, 0.15) is 0 Å². The molecule has 0 aliphatic heterocycles. The molecule has 0 amide bonds. The molecule has 0 bridgehead atoms. The second-order valence-corrected chi connectivity index (χ2v) is 5.54. The Hall–Kier alpha value is -1.82. The average Bonchev–Trinajstić information content (AvgIpc) is 2.90. The summed E-state index contributed by atoms with van der Waals surface area (Å²) in [5.74, 6) is 0.502. The highest BCUT2D eigenvalue weighted by atomic mass is 35.5. The zero-order chi connectivity index (χ0) is 15.0. The number of tetrazole rings is 1. The number of nitrogens with zero attached hydrogens (tertiary/aromatic N) is 4. The molecule has 2 N–H and O–H groups in total. The molecule has 0 spiro atoms. The number of hydrogen-bond donors (Lipinski definition) is 1. The third-order valence-electron chi connectivity index (χ3n) is 2.80. The fourth-order valence-corrected chi connectivity index (χ4v) is 2.44. The predicted octanol–water partition coefficient (Wildman–Crippen LogP) is 3.87. The van der Waals surface area contributed by atoms with Crippen molar-refractivity contribution in [1.82, 2.24) is 20.2 Å². The summed E-state index contributed by atoms with van der Waals surface area (Å²) in [5.41, 5.74) is 7.71. The van der Waals surface area contributed by atoms with E-state index in [4.69, 9.17) is 40.5 Å². The summed E-state index contributed by atoms with van der Waals surface area (Å²) in [6, 6.07) is 10.2. The smallest absolute Gasteiger partial charge is 0.187 e. The third kappa shape index (κ3) is 2.81. The highest BCUT2D eigenvalue weighted by molar-refractivity contribution is 6.42. The summed E-state index contributed by atoms with van der Waals surface area (Å²) in [5, 5.41) is 13.0. The number of benzene rings is 2. The van der Waals surface area contributed by atoms with E-state index in [-0.39, 0.29) is 0 Å². The average molecular weight is 341 g/mol. The lowest BCUT2D eigenvalue weighted by Gasteiger charge is -2.07. The Kier molecular flexibility index (Phi) is 3.71. The molecule has 1 heterocycles. The first kappa shape index (κ1) is 14.1. The Labute approximate surface area is 135 Å². The molecule has 1 aromatic heterocycles. The fraction of sp³-hybridized carbons (Fsp3) is 0. The molecule has 0 saturated heterocycles. The third-order valence-corrected chi connectivity index (χ3v) is 3.75. The zero-order valence-corrected chi connectivity index (χ0v) is 12.7. The van der Waals surface area contributed by atoms with Gasteiger partial charge in [0.05, 0.1) is 15.7 Å². The van der Waals surface area contributed by atoms with Gasteiger partial charge in [0.15, 0.2) is 5.82 Å². The molecule has 106 valence electrons. The molecule has 0 atom stereocenters. The molecule has 0 saturated carbocycles. The first-order chi connectivity index (χ1) is 10.0. The van der Waals surface area contributed by atoms with Crippen LogP contribution in [-0.4, -0.2) is 20.2 Å². The summed E-state index contributed by atoms with van der Waals surface area (Å²) < 4.78 is 1.54. The van der Waals surface area contributed by atoms with Crippen LogP contribution in [0, 0.1) is 0 Å². The molecule has 3 rings (SSSR count). The molecule has 5 nitrogen and oxygen atoms in total. The second-order valence-electron chi connectivity index (χ2n) is 4.29. The van der Waals surface area contributed by atoms with E-state index in [0.29, 0.717) is 37.8 Å². The van der Waals surface area contributed by atoms with E-state index >= 15 is 0 Å². The standard InChI is InChI=1S/C13H8Cl3N5/c14-8-3-7(4-9(17)5-8)13-18-19-20-21(13)10-1-2-11(15)12(16)6-10/h1-6H,17H2. The summed E-state index contributed by atoms with van der Waals surface area (Å²) in [6.07, 6.45) is 0. The monoisotopic (exact) mass is 339 g/mol. The van der Waals surface area contributed by atoms with Crippen LogP contribution in [-0.2, 0) is 0 Å². The van der Waals surface area contributed by atoms with E-state index in [1.165, 1.54) is 4.68 Å². The van der Waals surface area contributed by atoms with Gasteiger partial charge < -0.3 is 5.73 Å². The first-order valence-electron chi connectivity index (χ1n) is 5.85. The molecule has 0 fully saturated rings. The van der Waals surface area contributed by atoms with Crippen LogP contribution in [0.2, 0.25) is 15.1 Å². The van der Waals surface area contributed by atoms with E-state index in [1.807, 2.05) is 0 Å². The number of halogens is 3. The number of hydrogen-bond acceptors (Lipinski definition) is 4. The highest BCUT2D eigenvalue weighted by Gasteiger charge is 2.13. The minimum absolute atomic E-state index is 0.418. The van der Waals surface area contributed by atoms with E-state index in [2.05, 4.69) is 15.5 Å². The molecule has 2 aromatic carbocycles. The van der Waals surface area contributed by atoms with Crippen molar-refractivity contribution in [3.8, 4) is 17.1 Å². The molecular weight excluding hydrogens is 333 g/mol. The molecule has 21 heavy (non-hydrogen) atoms. The lowest BCUT2D eigenvalue weighted by Crippen LogP contribution is -2.00. The molecule has 8 heteroatoms. The van der Waals surface area contributed by atoms with Gasteiger partial charge in [-0.3, -0.25) is 0 Å². The van der Waals surface area contributed by atoms with Crippen LogP contribution in [0.1, 0.15) is 0 Å². The number of anilines is 1. The normalized spacial score (nSPS) is 10.8. The number of aromatic nitrogens is 4. The predicted molar refractivity (Wildman–Crippen MR) is 84.0 cm³/mol. The molecule has 0 aliphatic rings. The van der Waals surface area contributed by atoms with Gasteiger partial charge in [-0.1, -0.05) is 34.8 Å². The van der Waals surface area contributed by atoms with Crippen LogP contribution in [0.25, 0.3) is 17.1 Å². The summed E-state index contributed by atoms with van der Waals surface area (Å²) in [7, 11) is 0. The van der Waals surface area contributed by atoms with Crippen LogP contribution >= 0.6 is 34.8 Å². The largest absolute Gasteiger partial charge is 0.399 e. The first-order valence-corrected chi connectivity index (χ1v) is 6.98. The second kappa shape index (κ2) is 5.52. The summed E-state index contributed by atoms with van der Waals surface area (Å²) >= 11 is 18.0. The minimum atomic E-state index is 0.418. The molecular formula is C13H8Cl3N5. The van der Waals surface area contributed by atoms with Gasteiger partial charge in [-0.05, 0) is 46.8 Å². The van der Waals surface area contributed by atoms with E-state index in [0.717, 1.165) is 0 Å². The molecule has 0 radical (unpaired) electrons. The van der Waals surface area contributed by atoms with Crippen LogP contribution in [0.15, 0.2) is 36.4 Å². The zero-order valence-electron chi connectivity index (χ0n) is 10.5. The Morgan fingerprint density at radius 3 is 2.48 bits per heavy atom. The Balaban J connectivity index is 2.14. The van der Waals surface area contributed by atoms with Gasteiger partial charge >= 0.3 is 0 Å². The van der Waals surface area contributed by atoms with Crippen molar-refractivity contribution < 1.29 is 0 Å². The summed E-state index contributed by atoms with van der Waals surface area (Å²) in [6.45, 7) is 0. The number of nitrogens with two attached hydrogens (primary N) is 1. The Morgan fingerprint density at radius 1 is 0.952 bits per heavy atom. The molecule has 3 aromatic rings. The highest BCUT2D eigenvalue weighted by Crippen LogP contribution is 2.28. The lowest BCUT2D eigenvalue weighted by molar-refractivity contribution is 0.791.